The number of ether oxygens (including phenoxy) is 1. The van der Waals surface area contributed by atoms with Crippen LogP contribution in [-0.4, -0.2) is 42.9 Å². The molecule has 1 heterocycles. The third kappa shape index (κ3) is 2.57. The molecule has 1 aromatic rings. The summed E-state index contributed by atoms with van der Waals surface area (Å²) in [6.45, 7) is 1.97. The topological polar surface area (TPSA) is 75.7 Å². The monoisotopic (exact) mass is 262 g/mol. The van der Waals surface area contributed by atoms with Crippen LogP contribution < -0.4 is 5.32 Å². The normalized spacial score (nSPS) is 14.5. The van der Waals surface area contributed by atoms with Crippen molar-refractivity contribution in [1.29, 1.82) is 0 Å². The summed E-state index contributed by atoms with van der Waals surface area (Å²) in [6.07, 6.45) is 0. The Morgan fingerprint density at radius 2 is 2.16 bits per heavy atom. The predicted molar refractivity (Wildman–Crippen MR) is 68.0 cm³/mol. The lowest BCUT2D eigenvalue weighted by atomic mass is 10.1. The zero-order chi connectivity index (χ0) is 14.0. The lowest BCUT2D eigenvalue weighted by Crippen LogP contribution is -2.31. The van der Waals surface area contributed by atoms with Crippen LogP contribution >= 0.6 is 0 Å². The molecule has 1 aromatic carbocycles. The molecule has 0 bridgehead atoms. The molecule has 0 saturated carbocycles. The fraction of sp³-hybridized carbons (Fsp3) is 0.308. The van der Waals surface area contributed by atoms with Gasteiger partial charge in [-0.05, 0) is 25.1 Å². The average molecular weight is 262 g/mol. The second kappa shape index (κ2) is 5.09. The van der Waals surface area contributed by atoms with Crippen LogP contribution in [0.1, 0.15) is 27.6 Å². The summed E-state index contributed by atoms with van der Waals surface area (Å²) >= 11 is 0. The maximum absolute atomic E-state index is 12.0. The van der Waals surface area contributed by atoms with Crippen LogP contribution in [0.5, 0.6) is 0 Å². The summed E-state index contributed by atoms with van der Waals surface area (Å²) in [5, 5.41) is 2.61. The van der Waals surface area contributed by atoms with Gasteiger partial charge in [0, 0.05) is 7.05 Å². The van der Waals surface area contributed by atoms with Crippen molar-refractivity contribution in [2.75, 3.05) is 25.5 Å². The Bertz CT molecular complexity index is 554. The van der Waals surface area contributed by atoms with Crippen molar-refractivity contribution in [3.63, 3.8) is 0 Å². The molecule has 0 radical (unpaired) electrons. The Morgan fingerprint density at radius 1 is 1.42 bits per heavy atom. The lowest BCUT2D eigenvalue weighted by molar-refractivity contribution is -0.116. The maximum atomic E-state index is 12.0. The van der Waals surface area contributed by atoms with E-state index in [9.17, 15) is 14.4 Å². The van der Waals surface area contributed by atoms with Crippen molar-refractivity contribution in [1.82, 2.24) is 4.90 Å². The highest BCUT2D eigenvalue weighted by Crippen LogP contribution is 2.22. The smallest absolute Gasteiger partial charge is 0.338 e. The van der Waals surface area contributed by atoms with Crippen molar-refractivity contribution in [2.24, 2.45) is 0 Å². The number of carbonyl (C=O) groups excluding carboxylic acids is 3. The maximum Gasteiger partial charge on any atom is 0.338 e. The van der Waals surface area contributed by atoms with Crippen LogP contribution in [0.2, 0.25) is 0 Å². The van der Waals surface area contributed by atoms with E-state index in [1.165, 1.54) is 23.1 Å². The van der Waals surface area contributed by atoms with Crippen LogP contribution in [0.3, 0.4) is 0 Å². The fourth-order valence-electron chi connectivity index (χ4n) is 1.86. The minimum absolute atomic E-state index is 0.0117. The number of hydrogen-bond donors (Lipinski definition) is 1. The van der Waals surface area contributed by atoms with E-state index in [4.69, 9.17) is 4.74 Å². The number of hydrogen-bond acceptors (Lipinski definition) is 4. The molecule has 0 atom stereocenters. The zero-order valence-corrected chi connectivity index (χ0v) is 10.7. The number of likely N-dealkylation sites (N-methyl/N-ethyl adjacent to an activating group) is 1. The number of fused-ring (bicyclic) bond motifs is 1. The van der Waals surface area contributed by atoms with Crippen molar-refractivity contribution in [2.45, 2.75) is 6.92 Å². The van der Waals surface area contributed by atoms with Crippen LogP contribution in [0, 0.1) is 0 Å². The zero-order valence-electron chi connectivity index (χ0n) is 10.7. The number of esters is 1. The van der Waals surface area contributed by atoms with Gasteiger partial charge < -0.3 is 15.0 Å². The summed E-state index contributed by atoms with van der Waals surface area (Å²) in [5.74, 6) is -1.04. The third-order valence-electron chi connectivity index (χ3n) is 2.76. The molecule has 1 N–H and O–H groups in total. The number of amides is 2. The molecule has 2 rings (SSSR count). The first-order valence-corrected chi connectivity index (χ1v) is 5.89. The van der Waals surface area contributed by atoms with Gasteiger partial charge in [-0.25, -0.2) is 4.79 Å². The Balaban J connectivity index is 2.41. The minimum Gasteiger partial charge on any atom is -0.462 e. The van der Waals surface area contributed by atoms with E-state index in [1.807, 2.05) is 0 Å². The highest BCUT2D eigenvalue weighted by atomic mass is 16.5. The lowest BCUT2D eigenvalue weighted by Gasteiger charge is -2.12. The van der Waals surface area contributed by atoms with Gasteiger partial charge in [0.1, 0.15) is 0 Å². The number of anilines is 1. The molecule has 0 saturated heterocycles. The quantitative estimate of drug-likeness (QED) is 0.803. The van der Waals surface area contributed by atoms with Crippen LogP contribution in [0.4, 0.5) is 5.69 Å². The van der Waals surface area contributed by atoms with Crippen LogP contribution in [0.25, 0.3) is 0 Å². The van der Waals surface area contributed by atoms with E-state index in [0.717, 1.165) is 0 Å². The summed E-state index contributed by atoms with van der Waals surface area (Å²) in [6, 6.07) is 4.49. The molecule has 100 valence electrons. The first-order valence-electron chi connectivity index (χ1n) is 5.89. The van der Waals surface area contributed by atoms with Gasteiger partial charge in [0.25, 0.3) is 5.91 Å². The Hall–Kier alpha value is -2.37. The minimum atomic E-state index is -0.482. The molecule has 6 heteroatoms. The molecule has 19 heavy (non-hydrogen) atoms. The molecule has 0 spiro atoms. The van der Waals surface area contributed by atoms with Gasteiger partial charge in [0.15, 0.2) is 0 Å². The molecule has 0 fully saturated rings. The van der Waals surface area contributed by atoms with Gasteiger partial charge in [-0.2, -0.15) is 0 Å². The number of nitrogens with one attached hydrogen (secondary N) is 1. The molecule has 6 nitrogen and oxygen atoms in total. The number of carbonyl (C=O) groups is 3. The summed E-state index contributed by atoms with van der Waals surface area (Å²) in [7, 11) is 1.55. The van der Waals surface area contributed by atoms with Gasteiger partial charge in [0.05, 0.1) is 30.0 Å². The predicted octanol–water partition coefficient (Wildman–Crippen LogP) is 0.887. The highest BCUT2D eigenvalue weighted by molar-refractivity contribution is 6.09. The molecule has 0 unspecified atom stereocenters. The number of benzene rings is 1. The van der Waals surface area contributed by atoms with Gasteiger partial charge in [-0.1, -0.05) is 0 Å². The largest absolute Gasteiger partial charge is 0.462 e. The van der Waals surface area contributed by atoms with Crippen molar-refractivity contribution < 1.29 is 19.1 Å². The summed E-state index contributed by atoms with van der Waals surface area (Å²) < 4.78 is 4.88. The second-order valence-electron chi connectivity index (χ2n) is 4.19. The van der Waals surface area contributed by atoms with E-state index in [2.05, 4.69) is 5.32 Å². The Morgan fingerprint density at radius 3 is 2.84 bits per heavy atom. The van der Waals surface area contributed by atoms with Crippen molar-refractivity contribution >= 4 is 23.5 Å². The first-order chi connectivity index (χ1) is 9.02. The Labute approximate surface area is 110 Å². The van der Waals surface area contributed by atoms with Gasteiger partial charge in [0.2, 0.25) is 5.91 Å². The van der Waals surface area contributed by atoms with Crippen LogP contribution in [0.15, 0.2) is 18.2 Å². The SMILES string of the molecule is CCOC(=O)c1ccc2c(c1)NC(=O)CN(C)C2=O. The Kier molecular flexibility index (Phi) is 3.50. The average Bonchev–Trinajstić information content (AvgIpc) is 2.47. The van der Waals surface area contributed by atoms with E-state index >= 15 is 0 Å². The molecule has 1 aliphatic rings. The summed E-state index contributed by atoms with van der Waals surface area (Å²) in [5.41, 5.74) is 1.00. The van der Waals surface area contributed by atoms with E-state index in [1.54, 1.807) is 14.0 Å². The van der Waals surface area contributed by atoms with E-state index in [0.29, 0.717) is 16.8 Å². The molecule has 1 aliphatic heterocycles. The van der Waals surface area contributed by atoms with Gasteiger partial charge in [-0.15, -0.1) is 0 Å². The molecular formula is C13H14N2O4. The van der Waals surface area contributed by atoms with Gasteiger partial charge in [-0.3, -0.25) is 9.59 Å². The fourth-order valence-corrected chi connectivity index (χ4v) is 1.86. The van der Waals surface area contributed by atoms with Crippen molar-refractivity contribution in [3.05, 3.63) is 29.3 Å². The number of rotatable bonds is 2. The molecule has 0 aromatic heterocycles. The van der Waals surface area contributed by atoms with Crippen LogP contribution in [-0.2, 0) is 9.53 Å². The standard InChI is InChI=1S/C13H14N2O4/c1-3-19-13(18)8-4-5-9-10(6-8)14-11(16)7-15(2)12(9)17/h4-6H,3,7H2,1-2H3,(H,14,16). The molecule has 0 aliphatic carbocycles. The summed E-state index contributed by atoms with van der Waals surface area (Å²) in [4.78, 5) is 36.5. The van der Waals surface area contributed by atoms with E-state index in [-0.39, 0.29) is 25.0 Å². The first kappa shape index (κ1) is 13.1. The number of nitrogens with zero attached hydrogens (tertiary/aromatic N) is 1. The second-order valence-corrected chi connectivity index (χ2v) is 4.19. The van der Waals surface area contributed by atoms with Crippen molar-refractivity contribution in [3.8, 4) is 0 Å². The van der Waals surface area contributed by atoms with Gasteiger partial charge >= 0.3 is 5.97 Å². The molecular weight excluding hydrogens is 248 g/mol. The highest BCUT2D eigenvalue weighted by Gasteiger charge is 2.24. The molecule has 2 amide bonds. The van der Waals surface area contributed by atoms with E-state index < -0.39 is 5.97 Å². The third-order valence-corrected chi connectivity index (χ3v) is 2.76.